The molecule has 132 valence electrons. The number of aromatic amines is 1. The Morgan fingerprint density at radius 3 is 2.60 bits per heavy atom. The highest BCUT2D eigenvalue weighted by Gasteiger charge is 2.45. The maximum Gasteiger partial charge on any atom is 0.369 e. The van der Waals surface area contributed by atoms with Crippen molar-refractivity contribution in [3.05, 3.63) is 22.9 Å². The van der Waals surface area contributed by atoms with Crippen molar-refractivity contribution < 1.29 is 19.4 Å². The number of carbonyl (C=O) groups is 1. The molecule has 1 saturated carbocycles. The molecule has 25 heavy (non-hydrogen) atoms. The van der Waals surface area contributed by atoms with Gasteiger partial charge in [-0.15, -0.1) is 10.2 Å². The smallest absolute Gasteiger partial charge is 0.369 e. The molecule has 9 heteroatoms. The van der Waals surface area contributed by atoms with Gasteiger partial charge in [-0.05, 0) is 18.8 Å². The van der Waals surface area contributed by atoms with Gasteiger partial charge < -0.3 is 14.6 Å². The standard InChI is InChI=1S/C16H19N5O4/c1-9(2)11-10(8-17)13(20-18-11)21-19-12-14(22)24-16(25-15(12)23)6-4-3-5-7-16/h9,22H,3-7H2,1-2H3,(H,18,20)/b21-19+. The summed E-state index contributed by atoms with van der Waals surface area (Å²) < 4.78 is 10.8. The summed E-state index contributed by atoms with van der Waals surface area (Å²) in [5, 5.41) is 33.5. The van der Waals surface area contributed by atoms with Gasteiger partial charge in [-0.3, -0.25) is 5.10 Å². The summed E-state index contributed by atoms with van der Waals surface area (Å²) in [7, 11) is 0. The Bertz CT molecular complexity index is 781. The molecular weight excluding hydrogens is 326 g/mol. The van der Waals surface area contributed by atoms with E-state index in [4.69, 9.17) is 9.47 Å². The zero-order valence-electron chi connectivity index (χ0n) is 14.1. The quantitative estimate of drug-likeness (QED) is 0.636. The van der Waals surface area contributed by atoms with Gasteiger partial charge in [0.15, 0.2) is 5.82 Å². The van der Waals surface area contributed by atoms with Gasteiger partial charge in [-0.25, -0.2) is 4.79 Å². The third-order valence-electron chi connectivity index (χ3n) is 4.26. The molecular formula is C16H19N5O4. The van der Waals surface area contributed by atoms with Crippen molar-refractivity contribution in [1.82, 2.24) is 10.2 Å². The highest BCUT2D eigenvalue weighted by Crippen LogP contribution is 2.38. The first-order valence-corrected chi connectivity index (χ1v) is 8.21. The summed E-state index contributed by atoms with van der Waals surface area (Å²) in [5.74, 6) is -2.37. The van der Waals surface area contributed by atoms with E-state index in [1.54, 1.807) is 0 Å². The predicted molar refractivity (Wildman–Crippen MR) is 84.6 cm³/mol. The minimum atomic E-state index is -1.10. The summed E-state index contributed by atoms with van der Waals surface area (Å²) in [4.78, 5) is 12.2. The van der Waals surface area contributed by atoms with Gasteiger partial charge in [0.05, 0.1) is 5.69 Å². The fourth-order valence-electron chi connectivity index (χ4n) is 2.97. The van der Waals surface area contributed by atoms with Crippen LogP contribution in [-0.2, 0) is 14.3 Å². The molecule has 0 aromatic carbocycles. The molecule has 3 rings (SSSR count). The van der Waals surface area contributed by atoms with Crippen molar-refractivity contribution in [2.24, 2.45) is 10.2 Å². The van der Waals surface area contributed by atoms with Crippen LogP contribution in [0.25, 0.3) is 0 Å². The van der Waals surface area contributed by atoms with Gasteiger partial charge >= 0.3 is 11.9 Å². The summed E-state index contributed by atoms with van der Waals surface area (Å²) >= 11 is 0. The minimum absolute atomic E-state index is 0.0246. The summed E-state index contributed by atoms with van der Waals surface area (Å²) in [6.45, 7) is 3.78. The van der Waals surface area contributed by atoms with Crippen LogP contribution in [0, 0.1) is 11.3 Å². The Kier molecular flexibility index (Phi) is 4.44. The highest BCUT2D eigenvalue weighted by molar-refractivity contribution is 5.89. The Morgan fingerprint density at radius 1 is 1.28 bits per heavy atom. The van der Waals surface area contributed by atoms with Crippen molar-refractivity contribution in [2.45, 2.75) is 57.7 Å². The van der Waals surface area contributed by atoms with Gasteiger partial charge in [-0.2, -0.15) is 10.4 Å². The molecule has 0 atom stereocenters. The number of nitrogens with one attached hydrogen (secondary N) is 1. The number of H-pyrrole nitrogens is 1. The monoisotopic (exact) mass is 345 g/mol. The Hall–Kier alpha value is -2.89. The number of azo groups is 1. The number of rotatable bonds is 3. The number of ether oxygens (including phenoxy) is 2. The van der Waals surface area contributed by atoms with Gasteiger partial charge in [0, 0.05) is 12.8 Å². The second kappa shape index (κ2) is 6.55. The van der Waals surface area contributed by atoms with Crippen molar-refractivity contribution in [2.75, 3.05) is 0 Å². The molecule has 1 aliphatic heterocycles. The third-order valence-corrected chi connectivity index (χ3v) is 4.26. The number of aliphatic hydroxyl groups excluding tert-OH is 1. The normalized spacial score (nSPS) is 20.0. The SMILES string of the molecule is CC(C)c1n[nH]c(/N=N/C2=C(O)OC3(CCCCC3)OC2=O)c1C#N. The van der Waals surface area contributed by atoms with E-state index in [0.29, 0.717) is 18.5 Å². The lowest BCUT2D eigenvalue weighted by atomic mass is 9.93. The molecule has 0 bridgehead atoms. The number of hydrogen-bond acceptors (Lipinski definition) is 8. The fourth-order valence-corrected chi connectivity index (χ4v) is 2.97. The molecule has 0 unspecified atom stereocenters. The number of aliphatic hydroxyl groups is 1. The lowest BCUT2D eigenvalue weighted by molar-refractivity contribution is -0.249. The van der Waals surface area contributed by atoms with Crippen LogP contribution in [0.3, 0.4) is 0 Å². The van der Waals surface area contributed by atoms with Crippen LogP contribution in [0.5, 0.6) is 0 Å². The first-order valence-electron chi connectivity index (χ1n) is 8.21. The average molecular weight is 345 g/mol. The summed E-state index contributed by atoms with van der Waals surface area (Å²) in [5.41, 5.74) is 0.367. The maximum absolute atomic E-state index is 12.2. The molecule has 1 aromatic heterocycles. The highest BCUT2D eigenvalue weighted by atomic mass is 16.8. The van der Waals surface area contributed by atoms with Gasteiger partial charge in [0.1, 0.15) is 11.6 Å². The number of hydrogen-bond donors (Lipinski definition) is 2. The molecule has 0 saturated heterocycles. The molecule has 2 heterocycles. The Morgan fingerprint density at radius 2 is 2.00 bits per heavy atom. The number of nitriles is 1. The predicted octanol–water partition coefficient (Wildman–Crippen LogP) is 3.45. The molecule has 1 spiro atoms. The van der Waals surface area contributed by atoms with Crippen LogP contribution in [0.2, 0.25) is 0 Å². The Balaban J connectivity index is 1.85. The van der Waals surface area contributed by atoms with Crippen LogP contribution < -0.4 is 0 Å². The van der Waals surface area contributed by atoms with E-state index in [9.17, 15) is 15.2 Å². The molecule has 0 radical (unpaired) electrons. The van der Waals surface area contributed by atoms with E-state index < -0.39 is 23.4 Å². The average Bonchev–Trinajstić information content (AvgIpc) is 2.98. The Labute approximate surface area is 144 Å². The molecule has 2 aliphatic rings. The zero-order chi connectivity index (χ0) is 18.0. The number of nitrogens with zero attached hydrogens (tertiary/aromatic N) is 4. The molecule has 0 amide bonds. The van der Waals surface area contributed by atoms with Crippen LogP contribution in [0.15, 0.2) is 21.9 Å². The second-order valence-corrected chi connectivity index (χ2v) is 6.42. The molecule has 9 nitrogen and oxygen atoms in total. The van der Waals surface area contributed by atoms with Crippen molar-refractivity contribution in [3.8, 4) is 6.07 Å². The molecule has 1 fully saturated rings. The number of aromatic nitrogens is 2. The van der Waals surface area contributed by atoms with Gasteiger partial charge in [-0.1, -0.05) is 20.3 Å². The van der Waals surface area contributed by atoms with Crippen molar-refractivity contribution in [1.29, 1.82) is 5.26 Å². The van der Waals surface area contributed by atoms with E-state index in [0.717, 1.165) is 19.3 Å². The topological polar surface area (TPSA) is 133 Å². The van der Waals surface area contributed by atoms with E-state index in [1.807, 2.05) is 19.9 Å². The van der Waals surface area contributed by atoms with E-state index >= 15 is 0 Å². The van der Waals surface area contributed by atoms with Crippen molar-refractivity contribution >= 4 is 11.8 Å². The number of esters is 1. The largest absolute Gasteiger partial charge is 0.479 e. The summed E-state index contributed by atoms with van der Waals surface area (Å²) in [6, 6.07) is 2.01. The third kappa shape index (κ3) is 3.20. The maximum atomic E-state index is 12.2. The first kappa shape index (κ1) is 17.0. The molecule has 2 N–H and O–H groups in total. The van der Waals surface area contributed by atoms with Crippen LogP contribution >= 0.6 is 0 Å². The summed E-state index contributed by atoms with van der Waals surface area (Å²) in [6.07, 6.45) is 3.81. The van der Waals surface area contributed by atoms with E-state index in [-0.39, 0.29) is 17.3 Å². The van der Waals surface area contributed by atoms with Crippen molar-refractivity contribution in [3.63, 3.8) is 0 Å². The van der Waals surface area contributed by atoms with Gasteiger partial charge in [0.25, 0.3) is 11.5 Å². The van der Waals surface area contributed by atoms with Gasteiger partial charge in [0.2, 0.25) is 0 Å². The fraction of sp³-hybridized carbons (Fsp3) is 0.562. The zero-order valence-corrected chi connectivity index (χ0v) is 14.1. The first-order chi connectivity index (χ1) is 12.0. The molecule has 1 aromatic rings. The van der Waals surface area contributed by atoms with E-state index in [2.05, 4.69) is 20.4 Å². The van der Waals surface area contributed by atoms with E-state index in [1.165, 1.54) is 0 Å². The second-order valence-electron chi connectivity index (χ2n) is 6.42. The lowest BCUT2D eigenvalue weighted by Gasteiger charge is -2.38. The minimum Gasteiger partial charge on any atom is -0.479 e. The number of carbonyl (C=O) groups excluding carboxylic acids is 1. The molecule has 1 aliphatic carbocycles. The lowest BCUT2D eigenvalue weighted by Crippen LogP contribution is -2.43. The van der Waals surface area contributed by atoms with Crippen LogP contribution in [-0.4, -0.2) is 27.1 Å². The van der Waals surface area contributed by atoms with Crippen LogP contribution in [0.1, 0.15) is 63.1 Å². The van der Waals surface area contributed by atoms with Crippen LogP contribution in [0.4, 0.5) is 5.82 Å².